The Hall–Kier alpha value is -1.55. The number of hydrogen-bond donors (Lipinski definition) is 1. The quantitative estimate of drug-likeness (QED) is 0.895. The fourth-order valence-electron chi connectivity index (χ4n) is 1.93. The molecular weight excluding hydrogens is 308 g/mol. The summed E-state index contributed by atoms with van der Waals surface area (Å²) in [6, 6.07) is 11.5. The van der Waals surface area contributed by atoms with Crippen molar-refractivity contribution in [3.05, 3.63) is 40.9 Å². The van der Waals surface area contributed by atoms with Crippen molar-refractivity contribution >= 4 is 32.7 Å². The van der Waals surface area contributed by atoms with Crippen LogP contribution in [0.15, 0.2) is 40.9 Å². The molecule has 0 spiro atoms. The highest BCUT2D eigenvalue weighted by Gasteiger charge is 2.18. The van der Waals surface area contributed by atoms with Crippen molar-refractivity contribution in [1.29, 1.82) is 0 Å². The monoisotopic (exact) mass is 322 g/mol. The molecule has 0 radical (unpaired) electrons. The first-order chi connectivity index (χ1) is 9.10. The lowest BCUT2D eigenvalue weighted by molar-refractivity contribution is -0.145. The number of hydrogen-bond acceptors (Lipinski definition) is 2. The number of carbonyl (C=O) groups is 1. The van der Waals surface area contributed by atoms with E-state index in [1.54, 1.807) is 6.07 Å². The number of rotatable bonds is 5. The van der Waals surface area contributed by atoms with Crippen LogP contribution in [0.3, 0.4) is 0 Å². The van der Waals surface area contributed by atoms with Gasteiger partial charge in [0.15, 0.2) is 6.10 Å². The first-order valence-corrected chi connectivity index (χ1v) is 6.98. The van der Waals surface area contributed by atoms with Crippen LogP contribution < -0.4 is 4.74 Å². The van der Waals surface area contributed by atoms with Gasteiger partial charge in [-0.1, -0.05) is 41.4 Å². The highest BCUT2D eigenvalue weighted by atomic mass is 79.9. The van der Waals surface area contributed by atoms with E-state index in [4.69, 9.17) is 9.84 Å². The lowest BCUT2D eigenvalue weighted by Crippen LogP contribution is -2.26. The van der Waals surface area contributed by atoms with Crippen molar-refractivity contribution in [3.63, 3.8) is 0 Å². The summed E-state index contributed by atoms with van der Waals surface area (Å²) in [5.74, 6) is -0.326. The molecular formula is C15H15BrO3. The van der Waals surface area contributed by atoms with Crippen molar-refractivity contribution in [3.8, 4) is 5.75 Å². The normalized spacial score (nSPS) is 12.3. The summed E-state index contributed by atoms with van der Waals surface area (Å²) in [5, 5.41) is 11.2. The van der Waals surface area contributed by atoms with E-state index in [2.05, 4.69) is 15.9 Å². The molecule has 0 aliphatic carbocycles. The Morgan fingerprint density at radius 2 is 1.95 bits per heavy atom. The third-order valence-electron chi connectivity index (χ3n) is 2.88. The minimum atomic E-state index is -0.919. The van der Waals surface area contributed by atoms with Crippen molar-refractivity contribution < 1.29 is 14.6 Å². The number of fused-ring (bicyclic) bond motifs is 1. The zero-order chi connectivity index (χ0) is 13.8. The van der Waals surface area contributed by atoms with E-state index in [1.807, 2.05) is 37.3 Å². The maximum atomic E-state index is 11.1. The molecule has 1 atom stereocenters. The Balaban J connectivity index is 2.25. The summed E-state index contributed by atoms with van der Waals surface area (Å²) in [4.78, 5) is 11.1. The van der Waals surface area contributed by atoms with E-state index in [9.17, 15) is 4.79 Å². The Morgan fingerprint density at radius 1 is 1.26 bits per heavy atom. The van der Waals surface area contributed by atoms with Gasteiger partial charge in [-0.2, -0.15) is 0 Å². The molecule has 2 aromatic carbocycles. The van der Waals surface area contributed by atoms with Crippen LogP contribution in [0.25, 0.3) is 10.8 Å². The third kappa shape index (κ3) is 3.47. The molecule has 19 heavy (non-hydrogen) atoms. The molecule has 0 aliphatic rings. The molecule has 0 amide bonds. The van der Waals surface area contributed by atoms with Gasteiger partial charge < -0.3 is 9.84 Å². The van der Waals surface area contributed by atoms with Crippen LogP contribution in [0.5, 0.6) is 5.75 Å². The van der Waals surface area contributed by atoms with Gasteiger partial charge >= 0.3 is 5.97 Å². The van der Waals surface area contributed by atoms with Crippen molar-refractivity contribution in [2.75, 3.05) is 0 Å². The maximum absolute atomic E-state index is 11.1. The largest absolute Gasteiger partial charge is 0.479 e. The van der Waals surface area contributed by atoms with E-state index in [1.165, 1.54) is 0 Å². The Morgan fingerprint density at radius 3 is 2.63 bits per heavy atom. The second-order valence-electron chi connectivity index (χ2n) is 4.39. The molecule has 2 rings (SSSR count). The molecule has 2 aromatic rings. The van der Waals surface area contributed by atoms with E-state index < -0.39 is 12.1 Å². The van der Waals surface area contributed by atoms with E-state index in [0.717, 1.165) is 21.7 Å². The van der Waals surface area contributed by atoms with Crippen LogP contribution in [-0.4, -0.2) is 17.2 Å². The van der Waals surface area contributed by atoms with Gasteiger partial charge in [0.25, 0.3) is 0 Å². The lowest BCUT2D eigenvalue weighted by atomic mass is 10.1. The lowest BCUT2D eigenvalue weighted by Gasteiger charge is -2.14. The zero-order valence-electron chi connectivity index (χ0n) is 10.6. The van der Waals surface area contributed by atoms with E-state index in [0.29, 0.717) is 12.2 Å². The van der Waals surface area contributed by atoms with Crippen LogP contribution >= 0.6 is 15.9 Å². The molecule has 0 bridgehead atoms. The predicted octanol–water partition coefficient (Wildman–Crippen LogP) is 4.23. The summed E-state index contributed by atoms with van der Waals surface area (Å²) >= 11 is 3.42. The maximum Gasteiger partial charge on any atom is 0.344 e. The number of carboxylic acid groups (broad SMARTS) is 1. The Bertz CT molecular complexity index is 595. The minimum Gasteiger partial charge on any atom is -0.479 e. The van der Waals surface area contributed by atoms with E-state index >= 15 is 0 Å². The van der Waals surface area contributed by atoms with Gasteiger partial charge in [0.05, 0.1) is 0 Å². The Labute approximate surface area is 120 Å². The molecule has 0 fully saturated rings. The number of halogens is 1. The van der Waals surface area contributed by atoms with Gasteiger partial charge in [0, 0.05) is 4.47 Å². The van der Waals surface area contributed by atoms with Crippen LogP contribution in [0, 0.1) is 0 Å². The molecule has 0 aromatic heterocycles. The number of ether oxygens (including phenoxy) is 1. The van der Waals surface area contributed by atoms with Crippen molar-refractivity contribution in [2.24, 2.45) is 0 Å². The predicted molar refractivity (Wildman–Crippen MR) is 78.6 cm³/mol. The van der Waals surface area contributed by atoms with Gasteiger partial charge in [0.2, 0.25) is 0 Å². The molecule has 0 saturated carbocycles. The fourth-order valence-corrected chi connectivity index (χ4v) is 2.31. The van der Waals surface area contributed by atoms with Crippen LogP contribution in [0.1, 0.15) is 19.8 Å². The molecule has 3 nitrogen and oxygen atoms in total. The first kappa shape index (κ1) is 13.9. The number of carboxylic acids is 1. The molecule has 0 aliphatic heterocycles. The molecule has 1 N–H and O–H groups in total. The van der Waals surface area contributed by atoms with Crippen molar-refractivity contribution in [1.82, 2.24) is 0 Å². The molecule has 100 valence electrons. The Kier molecular flexibility index (Phi) is 4.43. The highest BCUT2D eigenvalue weighted by Crippen LogP contribution is 2.25. The summed E-state index contributed by atoms with van der Waals surface area (Å²) in [6.45, 7) is 1.94. The smallest absolute Gasteiger partial charge is 0.344 e. The standard InChI is InChI=1S/C15H15BrO3/c1-2-3-14(15(17)18)19-13-7-5-10-8-12(16)6-4-11(10)9-13/h4-9,14H,2-3H2,1H3,(H,17,18). The summed E-state index contributed by atoms with van der Waals surface area (Å²) in [6.07, 6.45) is 0.503. The SMILES string of the molecule is CCCC(Oc1ccc2cc(Br)ccc2c1)C(=O)O. The molecule has 4 heteroatoms. The van der Waals surface area contributed by atoms with Gasteiger partial charge in [-0.3, -0.25) is 0 Å². The third-order valence-corrected chi connectivity index (χ3v) is 3.37. The van der Waals surface area contributed by atoms with E-state index in [-0.39, 0.29) is 0 Å². The van der Waals surface area contributed by atoms with Gasteiger partial charge in [-0.15, -0.1) is 0 Å². The molecule has 1 unspecified atom stereocenters. The average Bonchev–Trinajstić information content (AvgIpc) is 2.38. The van der Waals surface area contributed by atoms with Gasteiger partial charge in [0.1, 0.15) is 5.75 Å². The molecule has 0 saturated heterocycles. The second kappa shape index (κ2) is 6.06. The second-order valence-corrected chi connectivity index (χ2v) is 5.30. The summed E-state index contributed by atoms with van der Waals surface area (Å²) in [5.41, 5.74) is 0. The van der Waals surface area contributed by atoms with Crippen molar-refractivity contribution in [2.45, 2.75) is 25.9 Å². The van der Waals surface area contributed by atoms with Gasteiger partial charge in [-0.25, -0.2) is 4.79 Å². The topological polar surface area (TPSA) is 46.5 Å². The van der Waals surface area contributed by atoms with Crippen LogP contribution in [0.2, 0.25) is 0 Å². The number of benzene rings is 2. The summed E-state index contributed by atoms with van der Waals surface area (Å²) < 4.78 is 6.56. The molecule has 0 heterocycles. The average molecular weight is 323 g/mol. The van der Waals surface area contributed by atoms with Gasteiger partial charge in [-0.05, 0) is 41.5 Å². The van der Waals surface area contributed by atoms with Crippen LogP contribution in [-0.2, 0) is 4.79 Å². The minimum absolute atomic E-state index is 0.508. The number of aliphatic carboxylic acids is 1. The summed E-state index contributed by atoms with van der Waals surface area (Å²) in [7, 11) is 0. The first-order valence-electron chi connectivity index (χ1n) is 6.19. The fraction of sp³-hybridized carbons (Fsp3) is 0.267. The zero-order valence-corrected chi connectivity index (χ0v) is 12.2. The highest BCUT2D eigenvalue weighted by molar-refractivity contribution is 9.10. The van der Waals surface area contributed by atoms with Crippen LogP contribution in [0.4, 0.5) is 0 Å².